The quantitative estimate of drug-likeness (QED) is 0.106. The van der Waals surface area contributed by atoms with Gasteiger partial charge in [0.15, 0.2) is 0 Å². The molecule has 2 saturated heterocycles. The largest absolute Gasteiger partial charge is 0.507 e. The molecule has 5 aromatic carbocycles. The van der Waals surface area contributed by atoms with Crippen molar-refractivity contribution in [1.29, 1.82) is 0 Å². The molecule has 1 N–H and O–H groups in total. The van der Waals surface area contributed by atoms with Crippen LogP contribution in [0, 0.1) is 29.1 Å². The van der Waals surface area contributed by atoms with Crippen LogP contribution in [-0.4, -0.2) is 42.8 Å². The number of phenols is 1. The molecule has 9 rings (SSSR count). The first-order valence-corrected chi connectivity index (χ1v) is 18.6. The van der Waals surface area contributed by atoms with Crippen molar-refractivity contribution in [2.45, 2.75) is 25.7 Å². The molecule has 0 bridgehead atoms. The maximum absolute atomic E-state index is 14.8. The summed E-state index contributed by atoms with van der Waals surface area (Å²) >= 11 is 0. The van der Waals surface area contributed by atoms with Gasteiger partial charge < -0.3 is 10.0 Å². The lowest BCUT2D eigenvalue weighted by atomic mass is 9.51. The maximum Gasteiger partial charge on any atom is 0.241 e. The highest BCUT2D eigenvalue weighted by molar-refractivity contribution is 6.25. The topological polar surface area (TPSA) is 123 Å². The van der Waals surface area contributed by atoms with Crippen molar-refractivity contribution in [3.05, 3.63) is 132 Å². The molecule has 0 spiro atoms. The van der Waals surface area contributed by atoms with Gasteiger partial charge in [0.2, 0.25) is 23.6 Å². The van der Waals surface area contributed by atoms with E-state index in [0.29, 0.717) is 34.6 Å². The van der Waals surface area contributed by atoms with Gasteiger partial charge in [-0.1, -0.05) is 60.2 Å². The highest BCUT2D eigenvalue weighted by Crippen LogP contribution is 2.64. The number of para-hydroxylation sites is 1. The number of hydrogen-bond donors (Lipinski definition) is 1. The van der Waals surface area contributed by atoms with Crippen molar-refractivity contribution in [3.8, 4) is 5.75 Å². The first kappa shape index (κ1) is 34.4. The van der Waals surface area contributed by atoms with Crippen molar-refractivity contribution in [2.24, 2.45) is 39.3 Å². The number of carbonyl (C=O) groups excluding carboxylic acids is 4. The number of phenolic OH excluding ortho intramolecular Hbond substituents is 1. The van der Waals surface area contributed by atoms with E-state index in [1.165, 1.54) is 9.80 Å². The van der Waals surface area contributed by atoms with Crippen LogP contribution in [0.5, 0.6) is 5.75 Å². The smallest absolute Gasteiger partial charge is 0.241 e. The molecule has 10 heteroatoms. The minimum Gasteiger partial charge on any atom is -0.507 e. The van der Waals surface area contributed by atoms with Crippen molar-refractivity contribution < 1.29 is 24.3 Å². The summed E-state index contributed by atoms with van der Waals surface area (Å²) in [6.45, 7) is 1.88. The third-order valence-electron chi connectivity index (χ3n) is 12.3. The normalized spacial score (nSPS) is 26.0. The average molecular weight is 730 g/mol. The van der Waals surface area contributed by atoms with Gasteiger partial charge in [0, 0.05) is 31.1 Å². The number of hydrogen-bond acceptors (Lipinski definition) is 8. The summed E-state index contributed by atoms with van der Waals surface area (Å²) < 4.78 is 0. The summed E-state index contributed by atoms with van der Waals surface area (Å²) in [6, 6.07) is 34.5. The Bertz CT molecular complexity index is 2460. The molecule has 6 atom stereocenters. The van der Waals surface area contributed by atoms with E-state index in [4.69, 9.17) is 0 Å². The Labute approximate surface area is 318 Å². The number of carbonyl (C=O) groups is 4. The first-order chi connectivity index (χ1) is 26.6. The van der Waals surface area contributed by atoms with E-state index in [-0.39, 0.29) is 35.8 Å². The minimum absolute atomic E-state index is 0.115. The molecule has 1 saturated carbocycles. The van der Waals surface area contributed by atoms with Crippen molar-refractivity contribution >= 4 is 62.8 Å². The summed E-state index contributed by atoms with van der Waals surface area (Å²) in [4.78, 5) is 62.7. The fourth-order valence-electron chi connectivity index (χ4n) is 9.60. The molecule has 55 heavy (non-hydrogen) atoms. The maximum atomic E-state index is 14.8. The Kier molecular flexibility index (Phi) is 8.04. The van der Waals surface area contributed by atoms with Crippen LogP contribution < -0.4 is 14.7 Å². The van der Waals surface area contributed by atoms with E-state index in [1.807, 2.05) is 92.7 Å². The predicted octanol–water partition coefficient (Wildman–Crippen LogP) is 8.46. The van der Waals surface area contributed by atoms with E-state index in [0.717, 1.165) is 22.2 Å². The zero-order valence-electron chi connectivity index (χ0n) is 30.7. The second kappa shape index (κ2) is 12.9. The van der Waals surface area contributed by atoms with Gasteiger partial charge in [-0.2, -0.15) is 10.2 Å². The summed E-state index contributed by atoms with van der Waals surface area (Å²) in [7, 11) is 3.94. The molecular weight excluding hydrogens is 691 g/mol. The summed E-state index contributed by atoms with van der Waals surface area (Å²) in [6.07, 6.45) is 2.63. The zero-order chi connectivity index (χ0) is 38.2. The Morgan fingerprint density at radius 1 is 0.673 bits per heavy atom. The molecule has 2 heterocycles. The Morgan fingerprint density at radius 3 is 1.96 bits per heavy atom. The van der Waals surface area contributed by atoms with Gasteiger partial charge in [0.05, 0.1) is 45.9 Å². The minimum atomic E-state index is -1.19. The lowest BCUT2D eigenvalue weighted by Gasteiger charge is -2.49. The molecule has 2 aliphatic heterocycles. The molecule has 0 radical (unpaired) electrons. The number of imide groups is 2. The predicted molar refractivity (Wildman–Crippen MR) is 211 cm³/mol. The molecule has 6 unspecified atom stereocenters. The first-order valence-electron chi connectivity index (χ1n) is 18.6. The van der Waals surface area contributed by atoms with Crippen LogP contribution in [0.4, 0.5) is 28.4 Å². The summed E-state index contributed by atoms with van der Waals surface area (Å²) in [5.41, 5.74) is 3.78. The number of azo groups is 1. The van der Waals surface area contributed by atoms with Gasteiger partial charge in [-0.25, -0.2) is 4.90 Å². The van der Waals surface area contributed by atoms with Crippen molar-refractivity contribution in [2.75, 3.05) is 28.8 Å². The standard InChI is InChI=1S/C45H39N5O5/c1-45-37(42(53)50(44(45)55)29-9-5-4-6-10-29)25-36-34(40(45)33-23-24-38(51)32-12-8-7-11-31(32)33)21-22-35-39(36)43(54)49(41(35)52)30-19-15-27(16-20-30)47-46-26-13-17-28(18-14-26)48(2)3/h4-21,23-24,35-37,39-40,51H,22,25H2,1-3H3. The Balaban J connectivity index is 1.08. The summed E-state index contributed by atoms with van der Waals surface area (Å²) in [5, 5.41) is 21.0. The number of benzene rings is 5. The third-order valence-corrected chi connectivity index (χ3v) is 12.3. The van der Waals surface area contributed by atoms with Crippen LogP contribution >= 0.6 is 0 Å². The Hall–Kier alpha value is -6.42. The van der Waals surface area contributed by atoms with Crippen molar-refractivity contribution in [1.82, 2.24) is 0 Å². The van der Waals surface area contributed by atoms with E-state index >= 15 is 0 Å². The van der Waals surface area contributed by atoms with Gasteiger partial charge in [-0.3, -0.25) is 24.1 Å². The monoisotopic (exact) mass is 729 g/mol. The highest BCUT2D eigenvalue weighted by atomic mass is 16.3. The van der Waals surface area contributed by atoms with Crippen LogP contribution in [0.2, 0.25) is 0 Å². The lowest BCUT2D eigenvalue weighted by molar-refractivity contribution is -0.131. The van der Waals surface area contributed by atoms with Crippen LogP contribution in [0.1, 0.15) is 31.2 Å². The second-order valence-electron chi connectivity index (χ2n) is 15.4. The van der Waals surface area contributed by atoms with Gasteiger partial charge in [-0.15, -0.1) is 0 Å². The molecule has 3 fully saturated rings. The van der Waals surface area contributed by atoms with Gasteiger partial charge >= 0.3 is 0 Å². The number of allylic oxidation sites excluding steroid dienone is 2. The van der Waals surface area contributed by atoms with E-state index in [9.17, 15) is 24.3 Å². The molecular formula is C45H39N5O5. The van der Waals surface area contributed by atoms with Gasteiger partial charge in [0.25, 0.3) is 0 Å². The van der Waals surface area contributed by atoms with Crippen LogP contribution in [0.3, 0.4) is 0 Å². The van der Waals surface area contributed by atoms with Crippen LogP contribution in [0.25, 0.3) is 10.8 Å². The third kappa shape index (κ3) is 5.22. The number of rotatable bonds is 6. The van der Waals surface area contributed by atoms with Crippen molar-refractivity contribution in [3.63, 3.8) is 0 Å². The molecule has 274 valence electrons. The van der Waals surface area contributed by atoms with E-state index in [2.05, 4.69) is 10.2 Å². The average Bonchev–Trinajstić information content (AvgIpc) is 3.57. The number of fused-ring (bicyclic) bond motifs is 5. The molecule has 10 nitrogen and oxygen atoms in total. The van der Waals surface area contributed by atoms with E-state index in [1.54, 1.807) is 54.6 Å². The number of aromatic hydroxyl groups is 1. The fraction of sp³-hybridized carbons (Fsp3) is 0.244. The van der Waals surface area contributed by atoms with E-state index < -0.39 is 35.0 Å². The molecule has 5 aromatic rings. The highest BCUT2D eigenvalue weighted by Gasteiger charge is 2.67. The Morgan fingerprint density at radius 2 is 1.29 bits per heavy atom. The van der Waals surface area contributed by atoms with Gasteiger partial charge in [-0.05, 0) is 103 Å². The number of anilines is 3. The lowest BCUT2D eigenvalue weighted by Crippen LogP contribution is -2.49. The fourth-order valence-corrected chi connectivity index (χ4v) is 9.60. The second-order valence-corrected chi connectivity index (χ2v) is 15.4. The van der Waals surface area contributed by atoms with Gasteiger partial charge in [0.1, 0.15) is 5.75 Å². The molecule has 0 aromatic heterocycles. The van der Waals surface area contributed by atoms with Crippen LogP contribution in [-0.2, 0) is 19.2 Å². The summed E-state index contributed by atoms with van der Waals surface area (Å²) in [5.74, 6) is -4.19. The number of nitrogens with zero attached hydrogens (tertiary/aromatic N) is 5. The molecule has 4 aliphatic rings. The zero-order valence-corrected chi connectivity index (χ0v) is 30.7. The SMILES string of the molecule is CN(C)c1ccc(N=Nc2ccc(N3C(=O)C4CC=C5C(CC6C(=O)N(c7ccccc7)C(=O)C6(C)C5c5ccc(O)c6ccccc56)C4C3=O)cc2)cc1. The molecule has 2 aliphatic carbocycles. The molecule has 4 amide bonds. The number of amides is 4. The van der Waals surface area contributed by atoms with Crippen LogP contribution in [0.15, 0.2) is 137 Å².